The lowest BCUT2D eigenvalue weighted by atomic mass is 10.1. The Hall–Kier alpha value is -3.95. The molecular weight excluding hydrogens is 456 g/mol. The Bertz CT molecular complexity index is 799. The molecule has 0 aliphatic heterocycles. The fourth-order valence-corrected chi connectivity index (χ4v) is 2.54. The van der Waals surface area contributed by atoms with Crippen LogP contribution in [0.15, 0.2) is 4.99 Å². The molecule has 13 N–H and O–H groups in total. The standard InChI is InChI=1S/C18H32N8O8/c1-8(24-15(31)9(19)3-2-6-23-18(21)22)14(30)26-11(7-12(20)27)16(32)25-10(17(33)34)4-5-13(28)29/h8-11H,2-7,19H2,1H3,(H2,20,27)(H,24,31)(H,25,32)(H,26,30)(H,28,29)(H,33,34)(H4,21,22,23). The van der Waals surface area contributed by atoms with Crippen LogP contribution in [0.3, 0.4) is 0 Å². The summed E-state index contributed by atoms with van der Waals surface area (Å²) < 4.78 is 0. The average Bonchev–Trinajstić information content (AvgIpc) is 2.72. The molecule has 0 aromatic carbocycles. The highest BCUT2D eigenvalue weighted by atomic mass is 16.4. The predicted molar refractivity (Wildman–Crippen MR) is 118 cm³/mol. The third kappa shape index (κ3) is 12.8. The van der Waals surface area contributed by atoms with Gasteiger partial charge in [0.2, 0.25) is 23.6 Å². The number of guanidine groups is 1. The number of primary amides is 1. The summed E-state index contributed by atoms with van der Waals surface area (Å²) >= 11 is 0. The van der Waals surface area contributed by atoms with Gasteiger partial charge in [-0.2, -0.15) is 0 Å². The number of nitrogens with two attached hydrogens (primary N) is 4. The van der Waals surface area contributed by atoms with E-state index in [4.69, 9.17) is 33.1 Å². The monoisotopic (exact) mass is 488 g/mol. The van der Waals surface area contributed by atoms with E-state index in [2.05, 4.69) is 20.9 Å². The molecule has 0 fully saturated rings. The van der Waals surface area contributed by atoms with Crippen LogP contribution >= 0.6 is 0 Å². The molecule has 16 heteroatoms. The lowest BCUT2D eigenvalue weighted by Gasteiger charge is -2.23. The maximum atomic E-state index is 12.4. The number of hydrogen-bond donors (Lipinski definition) is 9. The van der Waals surface area contributed by atoms with Crippen LogP contribution in [0.1, 0.15) is 39.0 Å². The second kappa shape index (κ2) is 15.0. The summed E-state index contributed by atoms with van der Waals surface area (Å²) in [5.74, 6) is -6.47. The zero-order valence-electron chi connectivity index (χ0n) is 18.7. The van der Waals surface area contributed by atoms with Gasteiger partial charge in [0, 0.05) is 13.0 Å². The van der Waals surface area contributed by atoms with Crippen LogP contribution in [0.25, 0.3) is 0 Å². The zero-order chi connectivity index (χ0) is 26.4. The molecular formula is C18H32N8O8. The van der Waals surface area contributed by atoms with Gasteiger partial charge in [-0.1, -0.05) is 0 Å². The molecule has 0 heterocycles. The van der Waals surface area contributed by atoms with Crippen molar-refractivity contribution in [3.05, 3.63) is 0 Å². The molecule has 0 bridgehead atoms. The van der Waals surface area contributed by atoms with Gasteiger partial charge in [0.05, 0.1) is 12.5 Å². The molecule has 0 rings (SSSR count). The Morgan fingerprint density at radius 1 is 0.853 bits per heavy atom. The van der Waals surface area contributed by atoms with Gasteiger partial charge in [-0.3, -0.25) is 29.0 Å². The van der Waals surface area contributed by atoms with Gasteiger partial charge in [0.25, 0.3) is 0 Å². The molecule has 4 amide bonds. The minimum Gasteiger partial charge on any atom is -0.481 e. The van der Waals surface area contributed by atoms with Crippen LogP contribution in [0, 0.1) is 0 Å². The third-order valence-corrected chi connectivity index (χ3v) is 4.36. The summed E-state index contributed by atoms with van der Waals surface area (Å²) in [5, 5.41) is 24.5. The van der Waals surface area contributed by atoms with E-state index < -0.39 is 79.0 Å². The fourth-order valence-electron chi connectivity index (χ4n) is 2.54. The summed E-state index contributed by atoms with van der Waals surface area (Å²) in [6.07, 6.45) is -1.02. The van der Waals surface area contributed by atoms with E-state index in [0.717, 1.165) is 0 Å². The predicted octanol–water partition coefficient (Wildman–Crippen LogP) is -4.33. The van der Waals surface area contributed by atoms with Gasteiger partial charge in [0.1, 0.15) is 18.1 Å². The number of nitrogens with zero attached hydrogens (tertiary/aromatic N) is 1. The number of carboxylic acid groups (broad SMARTS) is 2. The van der Waals surface area contributed by atoms with Gasteiger partial charge in [0.15, 0.2) is 5.96 Å². The van der Waals surface area contributed by atoms with E-state index >= 15 is 0 Å². The Morgan fingerprint density at radius 2 is 1.44 bits per heavy atom. The number of nitrogens with one attached hydrogen (secondary N) is 3. The molecule has 16 nitrogen and oxygen atoms in total. The van der Waals surface area contributed by atoms with Gasteiger partial charge < -0.3 is 49.1 Å². The van der Waals surface area contributed by atoms with Crippen LogP contribution in [-0.2, 0) is 28.8 Å². The SMILES string of the molecule is CC(NC(=O)C(N)CCCN=C(N)N)C(=O)NC(CC(N)=O)C(=O)NC(CCC(=O)O)C(=O)O. The lowest BCUT2D eigenvalue weighted by molar-refractivity contribution is -0.143. The first-order valence-electron chi connectivity index (χ1n) is 10.2. The summed E-state index contributed by atoms with van der Waals surface area (Å²) in [4.78, 5) is 74.0. The van der Waals surface area contributed by atoms with Crippen molar-refractivity contribution in [3.8, 4) is 0 Å². The molecule has 0 aromatic heterocycles. The highest BCUT2D eigenvalue weighted by Crippen LogP contribution is 2.02. The van der Waals surface area contributed by atoms with Gasteiger partial charge >= 0.3 is 11.9 Å². The number of amides is 4. The normalized spacial score (nSPS) is 13.9. The maximum absolute atomic E-state index is 12.4. The van der Waals surface area contributed by atoms with Crippen LogP contribution < -0.4 is 38.9 Å². The Morgan fingerprint density at radius 3 is 1.94 bits per heavy atom. The van der Waals surface area contributed by atoms with Crippen LogP contribution in [-0.4, -0.2) is 82.5 Å². The van der Waals surface area contributed by atoms with Crippen molar-refractivity contribution >= 4 is 41.5 Å². The van der Waals surface area contributed by atoms with Crippen LogP contribution in [0.4, 0.5) is 0 Å². The quantitative estimate of drug-likeness (QED) is 0.0568. The second-order valence-corrected chi connectivity index (χ2v) is 7.35. The molecule has 4 atom stereocenters. The third-order valence-electron chi connectivity index (χ3n) is 4.36. The van der Waals surface area contributed by atoms with E-state index in [1.165, 1.54) is 6.92 Å². The first-order chi connectivity index (χ1) is 15.7. The first-order valence-corrected chi connectivity index (χ1v) is 10.2. The lowest BCUT2D eigenvalue weighted by Crippen LogP contribution is -2.57. The molecule has 4 unspecified atom stereocenters. The highest BCUT2D eigenvalue weighted by molar-refractivity contribution is 5.96. The van der Waals surface area contributed by atoms with Crippen molar-refractivity contribution in [3.63, 3.8) is 0 Å². The topological polar surface area (TPSA) is 295 Å². The largest absolute Gasteiger partial charge is 0.481 e. The van der Waals surface area contributed by atoms with Crippen molar-refractivity contribution in [1.82, 2.24) is 16.0 Å². The second-order valence-electron chi connectivity index (χ2n) is 7.35. The number of rotatable bonds is 16. The van der Waals surface area contributed by atoms with Crippen LogP contribution in [0.2, 0.25) is 0 Å². The molecule has 0 aromatic rings. The number of carbonyl (C=O) groups excluding carboxylic acids is 4. The van der Waals surface area contributed by atoms with Gasteiger partial charge in [-0.15, -0.1) is 0 Å². The molecule has 0 saturated heterocycles. The van der Waals surface area contributed by atoms with Crippen molar-refractivity contribution in [1.29, 1.82) is 0 Å². The molecule has 34 heavy (non-hydrogen) atoms. The molecule has 0 radical (unpaired) electrons. The van der Waals surface area contributed by atoms with Crippen molar-refractivity contribution in [2.24, 2.45) is 27.9 Å². The highest BCUT2D eigenvalue weighted by Gasteiger charge is 2.30. The van der Waals surface area contributed by atoms with Gasteiger partial charge in [-0.05, 0) is 26.2 Å². The molecule has 0 saturated carbocycles. The van der Waals surface area contributed by atoms with Crippen molar-refractivity contribution < 1.29 is 39.0 Å². The first kappa shape index (κ1) is 30.1. The van der Waals surface area contributed by atoms with E-state index in [1.54, 1.807) is 0 Å². The average molecular weight is 489 g/mol. The van der Waals surface area contributed by atoms with E-state index in [0.29, 0.717) is 6.42 Å². The molecule has 192 valence electrons. The van der Waals surface area contributed by atoms with Crippen molar-refractivity contribution in [2.75, 3.05) is 6.54 Å². The Labute approximate surface area is 194 Å². The number of carboxylic acids is 2. The summed E-state index contributed by atoms with van der Waals surface area (Å²) in [6.45, 7) is 1.55. The number of aliphatic carboxylic acids is 2. The summed E-state index contributed by atoms with van der Waals surface area (Å²) in [7, 11) is 0. The van der Waals surface area contributed by atoms with Crippen molar-refractivity contribution in [2.45, 2.75) is 63.2 Å². The van der Waals surface area contributed by atoms with E-state index in [1.807, 2.05) is 0 Å². The summed E-state index contributed by atoms with van der Waals surface area (Å²) in [6, 6.07) is -5.30. The number of hydrogen-bond acceptors (Lipinski definition) is 8. The molecule has 0 spiro atoms. The minimum absolute atomic E-state index is 0.102. The smallest absolute Gasteiger partial charge is 0.326 e. The maximum Gasteiger partial charge on any atom is 0.326 e. The van der Waals surface area contributed by atoms with Gasteiger partial charge in [-0.25, -0.2) is 4.79 Å². The number of aliphatic imine (C=N–C) groups is 1. The number of carbonyl (C=O) groups is 6. The Balaban J connectivity index is 5.02. The fraction of sp³-hybridized carbons (Fsp3) is 0.611. The Kier molecular flexibility index (Phi) is 13.2. The molecule has 0 aliphatic rings. The van der Waals surface area contributed by atoms with Crippen LogP contribution in [0.5, 0.6) is 0 Å². The summed E-state index contributed by atoms with van der Waals surface area (Å²) in [5.41, 5.74) is 21.2. The van der Waals surface area contributed by atoms with E-state index in [-0.39, 0.29) is 18.9 Å². The molecule has 0 aliphatic carbocycles. The van der Waals surface area contributed by atoms with E-state index in [9.17, 15) is 28.8 Å². The zero-order valence-corrected chi connectivity index (χ0v) is 18.7. The minimum atomic E-state index is -1.58.